The zero-order valence-corrected chi connectivity index (χ0v) is 12.5. The molecule has 4 nitrogen and oxygen atoms in total. The molecule has 0 aromatic heterocycles. The van der Waals surface area contributed by atoms with E-state index in [1.807, 2.05) is 23.7 Å². The van der Waals surface area contributed by atoms with Crippen molar-refractivity contribution in [2.24, 2.45) is 0 Å². The third-order valence-electron chi connectivity index (χ3n) is 4.66. The number of hydrogen-bond acceptors (Lipinski definition) is 4. The van der Waals surface area contributed by atoms with Crippen molar-refractivity contribution in [2.75, 3.05) is 31.7 Å². The number of nitrogens with one attached hydrogen (secondary N) is 1. The van der Waals surface area contributed by atoms with Crippen molar-refractivity contribution < 1.29 is 9.53 Å². The number of carbonyl (C=O) groups excluding carboxylic acids is 1. The van der Waals surface area contributed by atoms with Gasteiger partial charge in [-0.3, -0.25) is 4.79 Å². The summed E-state index contributed by atoms with van der Waals surface area (Å²) in [5.41, 5.74) is 0.150. The van der Waals surface area contributed by atoms with Gasteiger partial charge in [-0.2, -0.15) is 11.8 Å². The number of nitrogens with zero attached hydrogens (tertiary/aromatic N) is 1. The van der Waals surface area contributed by atoms with Gasteiger partial charge in [-0.05, 0) is 31.4 Å². The Morgan fingerprint density at radius 2 is 2.32 bits per heavy atom. The summed E-state index contributed by atoms with van der Waals surface area (Å²) in [4.78, 5) is 13.4. The summed E-state index contributed by atoms with van der Waals surface area (Å²) in [6, 6.07) is 1.04. The van der Waals surface area contributed by atoms with Crippen molar-refractivity contribution in [3.63, 3.8) is 0 Å². The van der Waals surface area contributed by atoms with Crippen LogP contribution in [0, 0.1) is 0 Å². The highest BCUT2D eigenvalue weighted by atomic mass is 32.2. The maximum Gasteiger partial charge on any atom is 0.222 e. The number of rotatable bonds is 2. The van der Waals surface area contributed by atoms with E-state index in [-0.39, 0.29) is 11.5 Å². The molecule has 3 heterocycles. The standard InChI is InChI=1S/C14H24N2O2S/c1-16-9-12(2-3-13(16)17)15-11-4-6-18-14(8-11)5-7-19-10-14/h11-12,15H,2-10H2,1H3. The maximum absolute atomic E-state index is 11.5. The van der Waals surface area contributed by atoms with Crippen molar-refractivity contribution in [3.05, 3.63) is 0 Å². The molecule has 3 saturated heterocycles. The number of piperidine rings is 1. The van der Waals surface area contributed by atoms with E-state index in [4.69, 9.17) is 4.74 Å². The van der Waals surface area contributed by atoms with Gasteiger partial charge in [-0.25, -0.2) is 0 Å². The highest BCUT2D eigenvalue weighted by Crippen LogP contribution is 2.38. The molecule has 19 heavy (non-hydrogen) atoms. The zero-order valence-electron chi connectivity index (χ0n) is 11.7. The Morgan fingerprint density at radius 3 is 3.05 bits per heavy atom. The SMILES string of the molecule is CN1CC(NC2CCOC3(CCSC3)C2)CCC1=O. The summed E-state index contributed by atoms with van der Waals surface area (Å²) in [5.74, 6) is 2.69. The number of carbonyl (C=O) groups is 1. The molecule has 3 rings (SSSR count). The van der Waals surface area contributed by atoms with E-state index in [2.05, 4.69) is 5.32 Å². The third kappa shape index (κ3) is 3.09. The van der Waals surface area contributed by atoms with Gasteiger partial charge in [0.05, 0.1) is 5.60 Å². The molecule has 0 bridgehead atoms. The van der Waals surface area contributed by atoms with E-state index in [9.17, 15) is 4.79 Å². The van der Waals surface area contributed by atoms with Gasteiger partial charge in [0.15, 0.2) is 0 Å². The van der Waals surface area contributed by atoms with Crippen LogP contribution in [0.3, 0.4) is 0 Å². The first kappa shape index (κ1) is 13.7. The molecule has 0 aromatic carbocycles. The van der Waals surface area contributed by atoms with Crippen LogP contribution in [0.4, 0.5) is 0 Å². The molecule has 5 heteroatoms. The topological polar surface area (TPSA) is 41.6 Å². The lowest BCUT2D eigenvalue weighted by Crippen LogP contribution is -2.54. The summed E-state index contributed by atoms with van der Waals surface area (Å²) in [7, 11) is 1.91. The van der Waals surface area contributed by atoms with E-state index in [0.717, 1.165) is 38.2 Å². The Morgan fingerprint density at radius 1 is 1.42 bits per heavy atom. The average Bonchev–Trinajstić information content (AvgIpc) is 2.82. The van der Waals surface area contributed by atoms with E-state index in [0.29, 0.717) is 18.5 Å². The molecular formula is C14H24N2O2S. The summed E-state index contributed by atoms with van der Waals surface area (Å²) >= 11 is 2.02. The molecule has 1 spiro atoms. The van der Waals surface area contributed by atoms with E-state index in [1.54, 1.807) is 0 Å². The van der Waals surface area contributed by atoms with Gasteiger partial charge in [0.2, 0.25) is 5.91 Å². The Labute approximate surface area is 119 Å². The number of amides is 1. The Bertz CT molecular complexity index is 344. The minimum Gasteiger partial charge on any atom is -0.374 e. The molecule has 0 saturated carbocycles. The fourth-order valence-electron chi connectivity index (χ4n) is 3.51. The van der Waals surface area contributed by atoms with Crippen LogP contribution in [0.2, 0.25) is 0 Å². The van der Waals surface area contributed by atoms with Gasteiger partial charge < -0.3 is 15.0 Å². The van der Waals surface area contributed by atoms with Gasteiger partial charge >= 0.3 is 0 Å². The molecule has 1 amide bonds. The highest BCUT2D eigenvalue weighted by Gasteiger charge is 2.41. The molecule has 3 atom stereocenters. The molecular weight excluding hydrogens is 260 g/mol. The Hall–Kier alpha value is -0.260. The van der Waals surface area contributed by atoms with Gasteiger partial charge in [0.1, 0.15) is 0 Å². The molecule has 3 fully saturated rings. The second-order valence-corrected chi connectivity index (χ2v) is 7.31. The molecule has 3 unspecified atom stereocenters. The minimum atomic E-state index is 0.150. The number of likely N-dealkylation sites (tertiary alicyclic amines) is 1. The van der Waals surface area contributed by atoms with Crippen LogP contribution in [-0.2, 0) is 9.53 Å². The lowest BCUT2D eigenvalue weighted by molar-refractivity contribution is -0.132. The van der Waals surface area contributed by atoms with Crippen LogP contribution in [0.25, 0.3) is 0 Å². The first-order chi connectivity index (χ1) is 9.17. The smallest absolute Gasteiger partial charge is 0.222 e. The molecule has 0 radical (unpaired) electrons. The normalized spacial score (nSPS) is 40.1. The second-order valence-electron chi connectivity index (χ2n) is 6.20. The van der Waals surface area contributed by atoms with Crippen molar-refractivity contribution in [1.82, 2.24) is 10.2 Å². The second kappa shape index (κ2) is 5.62. The summed E-state index contributed by atoms with van der Waals surface area (Å²) in [6.45, 7) is 1.75. The van der Waals surface area contributed by atoms with E-state index >= 15 is 0 Å². The van der Waals surface area contributed by atoms with Gasteiger partial charge in [-0.1, -0.05) is 0 Å². The number of likely N-dealkylation sites (N-methyl/N-ethyl adjacent to an activating group) is 1. The van der Waals surface area contributed by atoms with Crippen LogP contribution in [0.5, 0.6) is 0 Å². The largest absolute Gasteiger partial charge is 0.374 e. The average molecular weight is 284 g/mol. The third-order valence-corrected chi connectivity index (χ3v) is 5.88. The summed E-state index contributed by atoms with van der Waals surface area (Å²) in [6.07, 6.45) is 5.15. The van der Waals surface area contributed by atoms with E-state index < -0.39 is 0 Å². The molecule has 3 aliphatic rings. The van der Waals surface area contributed by atoms with Gasteiger partial charge in [-0.15, -0.1) is 0 Å². The quantitative estimate of drug-likeness (QED) is 0.829. The lowest BCUT2D eigenvalue weighted by atomic mass is 9.89. The van der Waals surface area contributed by atoms with Crippen LogP contribution >= 0.6 is 11.8 Å². The molecule has 3 aliphatic heterocycles. The van der Waals surface area contributed by atoms with Crippen LogP contribution in [0.15, 0.2) is 0 Å². The zero-order chi connectivity index (χ0) is 13.3. The molecule has 0 aliphatic carbocycles. The predicted octanol–water partition coefficient (Wildman–Crippen LogP) is 1.25. The van der Waals surface area contributed by atoms with Gasteiger partial charge in [0.25, 0.3) is 0 Å². The molecule has 1 N–H and O–H groups in total. The number of thioether (sulfide) groups is 1. The maximum atomic E-state index is 11.5. The predicted molar refractivity (Wildman–Crippen MR) is 77.4 cm³/mol. The van der Waals surface area contributed by atoms with Crippen molar-refractivity contribution in [2.45, 2.75) is 49.8 Å². The Kier molecular flexibility index (Phi) is 4.06. The summed E-state index contributed by atoms with van der Waals surface area (Å²) in [5, 5.41) is 3.78. The van der Waals surface area contributed by atoms with Crippen molar-refractivity contribution in [1.29, 1.82) is 0 Å². The van der Waals surface area contributed by atoms with Crippen molar-refractivity contribution >= 4 is 17.7 Å². The fraction of sp³-hybridized carbons (Fsp3) is 0.929. The fourth-order valence-corrected chi connectivity index (χ4v) is 4.89. The van der Waals surface area contributed by atoms with Crippen LogP contribution in [-0.4, -0.2) is 60.2 Å². The van der Waals surface area contributed by atoms with Crippen molar-refractivity contribution in [3.8, 4) is 0 Å². The first-order valence-electron chi connectivity index (χ1n) is 7.39. The van der Waals surface area contributed by atoms with Crippen LogP contribution in [0.1, 0.15) is 32.1 Å². The van der Waals surface area contributed by atoms with Crippen LogP contribution < -0.4 is 5.32 Å². The van der Waals surface area contributed by atoms with E-state index in [1.165, 1.54) is 12.2 Å². The highest BCUT2D eigenvalue weighted by molar-refractivity contribution is 7.99. The lowest BCUT2D eigenvalue weighted by Gasteiger charge is -2.41. The first-order valence-corrected chi connectivity index (χ1v) is 8.54. The molecule has 108 valence electrons. The van der Waals surface area contributed by atoms with Gasteiger partial charge in [0, 0.05) is 44.5 Å². The Balaban J connectivity index is 1.53. The number of hydrogen-bond donors (Lipinski definition) is 1. The number of ether oxygens (including phenoxy) is 1. The summed E-state index contributed by atoms with van der Waals surface area (Å²) < 4.78 is 6.06. The molecule has 0 aromatic rings. The minimum absolute atomic E-state index is 0.150. The monoisotopic (exact) mass is 284 g/mol.